The quantitative estimate of drug-likeness (QED) is 0.671. The molecule has 160 valence electrons. The number of benzene rings is 2. The second kappa shape index (κ2) is 9.27. The van der Waals surface area contributed by atoms with Crippen LogP contribution >= 0.6 is 0 Å². The number of hydrogen-bond donors (Lipinski definition) is 1. The van der Waals surface area contributed by atoms with Gasteiger partial charge in [-0.3, -0.25) is 19.5 Å². The molecule has 1 atom stereocenters. The highest BCUT2D eigenvalue weighted by Gasteiger charge is 2.32. The molecule has 0 bridgehead atoms. The first-order valence-corrected chi connectivity index (χ1v) is 10.6. The molecule has 2 amide bonds. The summed E-state index contributed by atoms with van der Waals surface area (Å²) in [4.78, 5) is 33.7. The molecule has 0 aliphatic carbocycles. The number of rotatable bonds is 6. The molecule has 1 saturated heterocycles. The number of amides is 2. The molecule has 1 N–H and O–H groups in total. The molecular formula is C25H28N4O2. The van der Waals surface area contributed by atoms with Crippen molar-refractivity contribution in [2.45, 2.75) is 32.5 Å². The van der Waals surface area contributed by atoms with E-state index in [-0.39, 0.29) is 18.2 Å². The topological polar surface area (TPSA) is 65.5 Å². The summed E-state index contributed by atoms with van der Waals surface area (Å²) in [5.74, 6) is -0.110. The Morgan fingerprint density at radius 1 is 1.16 bits per heavy atom. The van der Waals surface area contributed by atoms with Crippen LogP contribution in [0.4, 0.5) is 0 Å². The molecule has 0 spiro atoms. The summed E-state index contributed by atoms with van der Waals surface area (Å²) in [5, 5.41) is 5.07. The summed E-state index contributed by atoms with van der Waals surface area (Å²) in [6, 6.07) is 15.7. The SMILES string of the molecule is Cc1ccccc1CN1CCNC(=O)[C@@H]1CC(=O)N(C)Cc1cccc2cnccc12. The Labute approximate surface area is 182 Å². The third kappa shape index (κ3) is 4.75. The van der Waals surface area contributed by atoms with Crippen molar-refractivity contribution in [2.75, 3.05) is 20.1 Å². The number of pyridine rings is 1. The molecule has 6 heteroatoms. The molecule has 0 saturated carbocycles. The van der Waals surface area contributed by atoms with E-state index in [1.165, 1.54) is 11.1 Å². The monoisotopic (exact) mass is 416 g/mol. The van der Waals surface area contributed by atoms with Crippen molar-refractivity contribution in [3.05, 3.63) is 77.6 Å². The van der Waals surface area contributed by atoms with E-state index >= 15 is 0 Å². The number of aryl methyl sites for hydroxylation is 1. The van der Waals surface area contributed by atoms with Gasteiger partial charge in [-0.1, -0.05) is 42.5 Å². The number of fused-ring (bicyclic) bond motifs is 1. The Hall–Kier alpha value is -3.25. The Balaban J connectivity index is 1.47. The smallest absolute Gasteiger partial charge is 0.237 e. The zero-order valence-electron chi connectivity index (χ0n) is 18.0. The van der Waals surface area contributed by atoms with Crippen LogP contribution in [0.25, 0.3) is 10.8 Å². The summed E-state index contributed by atoms with van der Waals surface area (Å²) in [7, 11) is 1.80. The van der Waals surface area contributed by atoms with E-state index in [0.717, 1.165) is 22.9 Å². The van der Waals surface area contributed by atoms with Crippen LogP contribution in [0.15, 0.2) is 60.9 Å². The molecule has 31 heavy (non-hydrogen) atoms. The van der Waals surface area contributed by atoms with Crippen LogP contribution in [0.2, 0.25) is 0 Å². The van der Waals surface area contributed by atoms with Gasteiger partial charge in [0.2, 0.25) is 11.8 Å². The summed E-state index contributed by atoms with van der Waals surface area (Å²) in [5.41, 5.74) is 3.45. The number of carbonyl (C=O) groups excluding carboxylic acids is 2. The summed E-state index contributed by atoms with van der Waals surface area (Å²) < 4.78 is 0. The lowest BCUT2D eigenvalue weighted by Crippen LogP contribution is -2.56. The van der Waals surface area contributed by atoms with Crippen molar-refractivity contribution in [2.24, 2.45) is 0 Å². The van der Waals surface area contributed by atoms with Crippen molar-refractivity contribution >= 4 is 22.6 Å². The van der Waals surface area contributed by atoms with Gasteiger partial charge < -0.3 is 10.2 Å². The number of hydrogen-bond acceptors (Lipinski definition) is 4. The first-order valence-electron chi connectivity index (χ1n) is 10.6. The molecule has 1 fully saturated rings. The highest BCUT2D eigenvalue weighted by molar-refractivity contribution is 5.89. The van der Waals surface area contributed by atoms with Gasteiger partial charge >= 0.3 is 0 Å². The van der Waals surface area contributed by atoms with E-state index in [1.54, 1.807) is 18.1 Å². The fraction of sp³-hybridized carbons (Fsp3) is 0.320. The van der Waals surface area contributed by atoms with Crippen molar-refractivity contribution in [3.8, 4) is 0 Å². The van der Waals surface area contributed by atoms with Crippen molar-refractivity contribution in [1.29, 1.82) is 0 Å². The van der Waals surface area contributed by atoms with Crippen LogP contribution in [0, 0.1) is 6.92 Å². The van der Waals surface area contributed by atoms with Gasteiger partial charge in [0.1, 0.15) is 0 Å². The Bertz CT molecular complexity index is 1090. The predicted octanol–water partition coefficient (Wildman–Crippen LogP) is 2.89. The summed E-state index contributed by atoms with van der Waals surface area (Å²) in [6.07, 6.45) is 3.76. The number of piperazine rings is 1. The third-order valence-electron chi connectivity index (χ3n) is 6.05. The molecule has 3 aromatic rings. The zero-order valence-corrected chi connectivity index (χ0v) is 18.0. The molecule has 1 aliphatic rings. The van der Waals surface area contributed by atoms with Crippen LogP contribution in [-0.4, -0.2) is 52.8 Å². The van der Waals surface area contributed by atoms with E-state index < -0.39 is 6.04 Å². The highest BCUT2D eigenvalue weighted by atomic mass is 16.2. The Kier molecular flexibility index (Phi) is 6.28. The van der Waals surface area contributed by atoms with E-state index in [4.69, 9.17) is 0 Å². The van der Waals surface area contributed by atoms with E-state index in [0.29, 0.717) is 19.6 Å². The van der Waals surface area contributed by atoms with E-state index in [9.17, 15) is 9.59 Å². The van der Waals surface area contributed by atoms with Crippen LogP contribution in [-0.2, 0) is 22.7 Å². The molecule has 2 aromatic carbocycles. The molecular weight excluding hydrogens is 388 g/mol. The van der Waals surface area contributed by atoms with Gasteiger partial charge in [-0.2, -0.15) is 0 Å². The van der Waals surface area contributed by atoms with Crippen molar-refractivity contribution < 1.29 is 9.59 Å². The second-order valence-electron chi connectivity index (χ2n) is 8.17. The fourth-order valence-corrected chi connectivity index (χ4v) is 4.17. The Morgan fingerprint density at radius 2 is 1.97 bits per heavy atom. The number of nitrogens with one attached hydrogen (secondary N) is 1. The van der Waals surface area contributed by atoms with Gasteiger partial charge in [-0.05, 0) is 35.1 Å². The minimum atomic E-state index is -0.458. The first-order chi connectivity index (χ1) is 15.0. The minimum Gasteiger partial charge on any atom is -0.353 e. The van der Waals surface area contributed by atoms with Crippen LogP contribution < -0.4 is 5.32 Å². The number of nitrogens with zero attached hydrogens (tertiary/aromatic N) is 3. The fourth-order valence-electron chi connectivity index (χ4n) is 4.17. The van der Waals surface area contributed by atoms with E-state index in [1.807, 2.05) is 42.6 Å². The van der Waals surface area contributed by atoms with Gasteiger partial charge in [0, 0.05) is 51.0 Å². The van der Waals surface area contributed by atoms with Gasteiger partial charge in [-0.15, -0.1) is 0 Å². The molecule has 0 radical (unpaired) electrons. The average molecular weight is 417 g/mol. The molecule has 1 aliphatic heterocycles. The highest BCUT2D eigenvalue weighted by Crippen LogP contribution is 2.21. The minimum absolute atomic E-state index is 0.0390. The molecule has 4 rings (SSSR count). The Morgan fingerprint density at radius 3 is 2.81 bits per heavy atom. The van der Waals surface area contributed by atoms with Gasteiger partial charge in [0.05, 0.1) is 12.5 Å². The van der Waals surface area contributed by atoms with Crippen LogP contribution in [0.5, 0.6) is 0 Å². The third-order valence-corrected chi connectivity index (χ3v) is 6.05. The normalized spacial score (nSPS) is 16.8. The largest absolute Gasteiger partial charge is 0.353 e. The maximum absolute atomic E-state index is 13.1. The molecule has 1 aromatic heterocycles. The lowest BCUT2D eigenvalue weighted by Gasteiger charge is -2.35. The maximum Gasteiger partial charge on any atom is 0.237 e. The first kappa shape index (κ1) is 21.0. The molecule has 6 nitrogen and oxygen atoms in total. The van der Waals surface area contributed by atoms with Crippen molar-refractivity contribution in [1.82, 2.24) is 20.1 Å². The number of carbonyl (C=O) groups is 2. The lowest BCUT2D eigenvalue weighted by molar-refractivity contribution is -0.138. The lowest BCUT2D eigenvalue weighted by atomic mass is 10.0. The van der Waals surface area contributed by atoms with Crippen molar-refractivity contribution in [3.63, 3.8) is 0 Å². The standard InChI is InChI=1S/C25H28N4O2/c1-18-6-3-4-7-20(18)17-29-13-12-27-25(31)23(29)14-24(30)28(2)16-21-9-5-8-19-15-26-11-10-22(19)21/h3-11,15,23H,12-14,16-17H2,1-2H3,(H,27,31)/t23-/m0/s1. The number of aromatic nitrogens is 1. The zero-order chi connectivity index (χ0) is 21.8. The molecule has 0 unspecified atom stereocenters. The van der Waals surface area contributed by atoms with Gasteiger partial charge in [0.15, 0.2) is 0 Å². The maximum atomic E-state index is 13.1. The average Bonchev–Trinajstić information content (AvgIpc) is 2.77. The second-order valence-corrected chi connectivity index (χ2v) is 8.17. The van der Waals surface area contributed by atoms with Gasteiger partial charge in [-0.25, -0.2) is 0 Å². The summed E-state index contributed by atoms with van der Waals surface area (Å²) >= 11 is 0. The predicted molar refractivity (Wildman–Crippen MR) is 121 cm³/mol. The van der Waals surface area contributed by atoms with Crippen LogP contribution in [0.3, 0.4) is 0 Å². The van der Waals surface area contributed by atoms with Crippen LogP contribution in [0.1, 0.15) is 23.1 Å². The van der Waals surface area contributed by atoms with Gasteiger partial charge in [0.25, 0.3) is 0 Å². The van der Waals surface area contributed by atoms with E-state index in [2.05, 4.69) is 34.3 Å². The summed E-state index contributed by atoms with van der Waals surface area (Å²) in [6.45, 7) is 4.57. The molecule has 2 heterocycles.